The number of hydrogen-bond acceptors (Lipinski definition) is 7. The number of esters is 2. The first-order chi connectivity index (χ1) is 16.0. The molecular formula is C25H28N2O6Si. The molecule has 1 atom stereocenters. The average molecular weight is 481 g/mol. The Morgan fingerprint density at radius 3 is 2.21 bits per heavy atom. The number of dihydropyridines is 1. The third kappa shape index (κ3) is 5.42. The summed E-state index contributed by atoms with van der Waals surface area (Å²) in [6.07, 6.45) is 0. The van der Waals surface area contributed by atoms with Crippen LogP contribution in [-0.4, -0.2) is 38.7 Å². The molecule has 0 radical (unpaired) electrons. The molecule has 8 nitrogen and oxygen atoms in total. The van der Waals surface area contributed by atoms with E-state index in [4.69, 9.17) is 9.47 Å². The molecule has 1 aliphatic heterocycles. The smallest absolute Gasteiger partial charge is 0.336 e. The van der Waals surface area contributed by atoms with Crippen molar-refractivity contribution in [1.29, 1.82) is 0 Å². The maximum atomic E-state index is 13.6. The zero-order valence-electron chi connectivity index (χ0n) is 19.9. The molecule has 0 aliphatic carbocycles. The number of carbonyl (C=O) groups excluding carboxylic acids is 2. The maximum Gasteiger partial charge on any atom is 0.336 e. The van der Waals surface area contributed by atoms with Gasteiger partial charge in [0.1, 0.15) is 9.52 Å². The highest BCUT2D eigenvalue weighted by Crippen LogP contribution is 2.40. The summed E-state index contributed by atoms with van der Waals surface area (Å²) in [5.41, 5.74) is 1.75. The standard InChI is InChI=1S/C25H28N2O6Si/c1-15-20(23(28)32-5)22(17-10-9-11-18(14-17)27(30)31)21(16(2)26-15)24(29)33-25(3,4)34-19-12-7-6-8-13-19/h6-14,22,26H,34H2,1-5H3. The quantitative estimate of drug-likeness (QED) is 0.281. The molecule has 0 fully saturated rings. The molecule has 178 valence electrons. The molecule has 3 rings (SSSR count). The van der Waals surface area contributed by atoms with Crippen molar-refractivity contribution < 1.29 is 24.0 Å². The summed E-state index contributed by atoms with van der Waals surface area (Å²) in [5.74, 6) is -2.09. The normalized spacial score (nSPS) is 16.4. The lowest BCUT2D eigenvalue weighted by molar-refractivity contribution is -0.384. The van der Waals surface area contributed by atoms with Gasteiger partial charge >= 0.3 is 11.9 Å². The van der Waals surface area contributed by atoms with Gasteiger partial charge in [-0.2, -0.15) is 0 Å². The monoisotopic (exact) mass is 480 g/mol. The maximum absolute atomic E-state index is 13.6. The van der Waals surface area contributed by atoms with E-state index in [0.29, 0.717) is 17.0 Å². The zero-order chi connectivity index (χ0) is 25.0. The number of nitro benzene ring substituents is 1. The predicted molar refractivity (Wildman–Crippen MR) is 131 cm³/mol. The fourth-order valence-electron chi connectivity index (χ4n) is 4.23. The van der Waals surface area contributed by atoms with E-state index in [0.717, 1.165) is 5.19 Å². The van der Waals surface area contributed by atoms with Crippen molar-refractivity contribution in [3.63, 3.8) is 0 Å². The highest BCUT2D eigenvalue weighted by atomic mass is 28.2. The number of non-ortho nitro benzene ring substituents is 1. The van der Waals surface area contributed by atoms with Crippen molar-refractivity contribution in [2.24, 2.45) is 0 Å². The van der Waals surface area contributed by atoms with Crippen LogP contribution in [0.2, 0.25) is 0 Å². The Bertz CT molecular complexity index is 1190. The number of ether oxygens (including phenoxy) is 2. The minimum absolute atomic E-state index is 0.139. The number of carbonyl (C=O) groups is 2. The molecule has 0 amide bonds. The fourth-order valence-corrected chi connectivity index (χ4v) is 5.92. The van der Waals surface area contributed by atoms with Crippen LogP contribution in [0.1, 0.15) is 39.2 Å². The number of hydrogen-bond donors (Lipinski definition) is 1. The van der Waals surface area contributed by atoms with Gasteiger partial charge in [-0.3, -0.25) is 10.1 Å². The molecule has 1 aliphatic rings. The Morgan fingerprint density at radius 2 is 1.62 bits per heavy atom. The van der Waals surface area contributed by atoms with Gasteiger partial charge in [-0.1, -0.05) is 47.7 Å². The number of rotatable bonds is 7. The summed E-state index contributed by atoms with van der Waals surface area (Å²) in [6.45, 7) is 7.18. The van der Waals surface area contributed by atoms with Crippen molar-refractivity contribution in [2.45, 2.75) is 38.8 Å². The van der Waals surface area contributed by atoms with Crippen LogP contribution in [0, 0.1) is 10.1 Å². The van der Waals surface area contributed by atoms with Crippen molar-refractivity contribution >= 4 is 32.3 Å². The lowest BCUT2D eigenvalue weighted by atomic mass is 9.80. The Hall–Kier alpha value is -3.72. The molecule has 2 aromatic rings. The average Bonchev–Trinajstić information content (AvgIpc) is 2.78. The molecule has 9 heteroatoms. The molecule has 0 bridgehead atoms. The van der Waals surface area contributed by atoms with E-state index in [9.17, 15) is 19.7 Å². The molecule has 0 spiro atoms. The first kappa shape index (κ1) is 24.9. The Balaban J connectivity index is 2.05. The van der Waals surface area contributed by atoms with E-state index < -0.39 is 37.5 Å². The molecule has 1 heterocycles. The lowest BCUT2D eigenvalue weighted by Gasteiger charge is -2.33. The number of allylic oxidation sites excluding steroid dienone is 2. The predicted octanol–water partition coefficient (Wildman–Crippen LogP) is 2.78. The van der Waals surface area contributed by atoms with Crippen molar-refractivity contribution in [3.05, 3.63) is 92.8 Å². The van der Waals surface area contributed by atoms with E-state index in [2.05, 4.69) is 5.32 Å². The van der Waals surface area contributed by atoms with Gasteiger partial charge in [0.25, 0.3) is 5.69 Å². The van der Waals surface area contributed by atoms with E-state index >= 15 is 0 Å². The van der Waals surface area contributed by atoms with Gasteiger partial charge in [0, 0.05) is 23.5 Å². The van der Waals surface area contributed by atoms with Gasteiger partial charge in [0.15, 0.2) is 0 Å². The van der Waals surface area contributed by atoms with Gasteiger partial charge in [0.2, 0.25) is 0 Å². The fraction of sp³-hybridized carbons (Fsp3) is 0.280. The van der Waals surface area contributed by atoms with Gasteiger partial charge in [0.05, 0.1) is 34.3 Å². The van der Waals surface area contributed by atoms with Crippen LogP contribution in [-0.2, 0) is 19.1 Å². The SMILES string of the molecule is COC(=O)C1=C(C)NC(C)=C(C(=O)OC(C)(C)[SiH2]c2ccccc2)C1c1cccc([N+](=O)[O-])c1. The Morgan fingerprint density at radius 1 is 1.00 bits per heavy atom. The molecule has 0 saturated heterocycles. The van der Waals surface area contributed by atoms with Crippen molar-refractivity contribution in [2.75, 3.05) is 7.11 Å². The Labute approximate surface area is 200 Å². The zero-order valence-corrected chi connectivity index (χ0v) is 21.3. The molecule has 34 heavy (non-hydrogen) atoms. The van der Waals surface area contributed by atoms with Crippen LogP contribution in [0.15, 0.2) is 77.1 Å². The van der Waals surface area contributed by atoms with Gasteiger partial charge < -0.3 is 14.8 Å². The highest BCUT2D eigenvalue weighted by molar-refractivity contribution is 6.56. The second kappa shape index (κ2) is 10.0. The van der Waals surface area contributed by atoms with E-state index in [1.54, 1.807) is 19.9 Å². The van der Waals surface area contributed by atoms with Crippen molar-refractivity contribution in [1.82, 2.24) is 5.32 Å². The van der Waals surface area contributed by atoms with Crippen LogP contribution in [0.5, 0.6) is 0 Å². The summed E-state index contributed by atoms with van der Waals surface area (Å²) >= 11 is 0. The number of methoxy groups -OCH3 is 1. The highest BCUT2D eigenvalue weighted by Gasteiger charge is 2.39. The molecule has 1 N–H and O–H groups in total. The van der Waals surface area contributed by atoms with Crippen LogP contribution in [0.25, 0.3) is 0 Å². The lowest BCUT2D eigenvalue weighted by Crippen LogP contribution is -2.43. The molecule has 1 unspecified atom stereocenters. The second-order valence-corrected chi connectivity index (χ2v) is 11.7. The Kier molecular flexibility index (Phi) is 7.36. The van der Waals surface area contributed by atoms with E-state index in [-0.39, 0.29) is 16.8 Å². The van der Waals surface area contributed by atoms with Gasteiger partial charge in [-0.05, 0) is 33.3 Å². The minimum atomic E-state index is -0.998. The number of benzene rings is 2. The minimum Gasteiger partial charge on any atom is -0.466 e. The summed E-state index contributed by atoms with van der Waals surface area (Å²) in [7, 11) is 0.257. The first-order valence-corrected chi connectivity index (χ1v) is 12.2. The van der Waals surface area contributed by atoms with Crippen LogP contribution in [0.4, 0.5) is 5.69 Å². The number of nitrogens with zero attached hydrogens (tertiary/aromatic N) is 1. The third-order valence-corrected chi connectivity index (χ3v) is 7.52. The summed E-state index contributed by atoms with van der Waals surface area (Å²) in [6, 6.07) is 15.8. The summed E-state index contributed by atoms with van der Waals surface area (Å²) in [4.78, 5) is 37.2. The largest absolute Gasteiger partial charge is 0.466 e. The molecule has 0 saturated carbocycles. The topological polar surface area (TPSA) is 108 Å². The van der Waals surface area contributed by atoms with E-state index in [1.165, 1.54) is 25.3 Å². The van der Waals surface area contributed by atoms with Gasteiger partial charge in [-0.25, -0.2) is 9.59 Å². The first-order valence-electron chi connectivity index (χ1n) is 10.8. The molecule has 0 aromatic heterocycles. The molecular weight excluding hydrogens is 452 g/mol. The van der Waals surface area contributed by atoms with Crippen LogP contribution < -0.4 is 10.5 Å². The third-order valence-electron chi connectivity index (χ3n) is 5.64. The van der Waals surface area contributed by atoms with Crippen molar-refractivity contribution in [3.8, 4) is 0 Å². The van der Waals surface area contributed by atoms with Crippen LogP contribution in [0.3, 0.4) is 0 Å². The second-order valence-electron chi connectivity index (χ2n) is 8.79. The van der Waals surface area contributed by atoms with Gasteiger partial charge in [-0.15, -0.1) is 0 Å². The summed E-state index contributed by atoms with van der Waals surface area (Å²) in [5, 5.41) is 14.9. The van der Waals surface area contributed by atoms with Crippen LogP contribution >= 0.6 is 0 Å². The molecule has 2 aromatic carbocycles. The van der Waals surface area contributed by atoms with E-state index in [1.807, 2.05) is 44.2 Å². The number of nitrogens with one attached hydrogen (secondary N) is 1. The summed E-state index contributed by atoms with van der Waals surface area (Å²) < 4.78 is 11.0. The number of nitro groups is 1.